The van der Waals surface area contributed by atoms with Crippen LogP contribution in [-0.4, -0.2) is 23.3 Å². The quantitative estimate of drug-likeness (QED) is 0.757. The molecule has 0 aliphatic carbocycles. The predicted octanol–water partition coefficient (Wildman–Crippen LogP) is 2.54. The molecule has 1 heterocycles. The van der Waals surface area contributed by atoms with E-state index in [1.807, 2.05) is 37.3 Å². The third kappa shape index (κ3) is 3.11. The van der Waals surface area contributed by atoms with Gasteiger partial charge in [0.25, 0.3) is 5.95 Å². The molecule has 0 N–H and O–H groups in total. The van der Waals surface area contributed by atoms with Crippen LogP contribution in [0.5, 0.6) is 5.88 Å². The average molecular weight is 227 g/mol. The monoisotopic (exact) mass is 227 g/mol. The van der Waals surface area contributed by atoms with Gasteiger partial charge >= 0.3 is 0 Å². The van der Waals surface area contributed by atoms with Crippen molar-refractivity contribution in [2.24, 2.45) is 4.99 Å². The van der Waals surface area contributed by atoms with Gasteiger partial charge in [0.1, 0.15) is 0 Å². The minimum Gasteiger partial charge on any atom is -0.481 e. The largest absolute Gasteiger partial charge is 0.481 e. The Morgan fingerprint density at radius 1 is 1.18 bits per heavy atom. The summed E-state index contributed by atoms with van der Waals surface area (Å²) < 4.78 is 5.06. The van der Waals surface area contributed by atoms with Crippen LogP contribution in [0, 0.1) is 6.92 Å². The Morgan fingerprint density at radius 2 is 1.94 bits per heavy atom. The highest BCUT2D eigenvalue weighted by Gasteiger charge is 1.99. The molecule has 0 amide bonds. The lowest BCUT2D eigenvalue weighted by Gasteiger charge is -2.00. The minimum absolute atomic E-state index is 0.408. The summed E-state index contributed by atoms with van der Waals surface area (Å²) in [5, 5.41) is 0. The maximum Gasteiger partial charge on any atom is 0.252 e. The number of hydrogen-bond acceptors (Lipinski definition) is 4. The third-order valence-electron chi connectivity index (χ3n) is 2.16. The molecule has 17 heavy (non-hydrogen) atoms. The third-order valence-corrected chi connectivity index (χ3v) is 2.16. The lowest BCUT2D eigenvalue weighted by Crippen LogP contribution is -1.92. The first kappa shape index (κ1) is 11.3. The molecule has 0 saturated carbocycles. The minimum atomic E-state index is 0.408. The SMILES string of the molecule is COc1cc(C)nc(N=Cc2ccccc2)n1. The van der Waals surface area contributed by atoms with Gasteiger partial charge in [0.05, 0.1) is 7.11 Å². The summed E-state index contributed by atoms with van der Waals surface area (Å²) in [6.07, 6.45) is 1.73. The summed E-state index contributed by atoms with van der Waals surface area (Å²) >= 11 is 0. The number of ether oxygens (including phenoxy) is 1. The maximum atomic E-state index is 5.06. The molecule has 0 aliphatic heterocycles. The lowest BCUT2D eigenvalue weighted by molar-refractivity contribution is 0.397. The van der Waals surface area contributed by atoms with Gasteiger partial charge < -0.3 is 4.74 Å². The van der Waals surface area contributed by atoms with Crippen LogP contribution in [0.25, 0.3) is 0 Å². The Balaban J connectivity index is 2.24. The number of methoxy groups -OCH3 is 1. The predicted molar refractivity (Wildman–Crippen MR) is 67.0 cm³/mol. The highest BCUT2D eigenvalue weighted by molar-refractivity contribution is 5.80. The Bertz CT molecular complexity index is 523. The van der Waals surface area contributed by atoms with Crippen LogP contribution in [0.4, 0.5) is 5.95 Å². The summed E-state index contributed by atoms with van der Waals surface area (Å²) in [5.74, 6) is 0.934. The Labute approximate surface area is 100 Å². The summed E-state index contributed by atoms with van der Waals surface area (Å²) in [7, 11) is 1.58. The zero-order chi connectivity index (χ0) is 12.1. The van der Waals surface area contributed by atoms with E-state index < -0.39 is 0 Å². The number of hydrogen-bond donors (Lipinski definition) is 0. The molecule has 86 valence electrons. The first-order chi connectivity index (χ1) is 8.28. The van der Waals surface area contributed by atoms with Crippen LogP contribution in [0.3, 0.4) is 0 Å². The molecular weight excluding hydrogens is 214 g/mol. The van der Waals surface area contributed by atoms with Gasteiger partial charge in [0, 0.05) is 18.0 Å². The second kappa shape index (κ2) is 5.21. The summed E-state index contributed by atoms with van der Waals surface area (Å²) in [4.78, 5) is 12.6. The smallest absolute Gasteiger partial charge is 0.252 e. The molecule has 0 unspecified atom stereocenters. The van der Waals surface area contributed by atoms with E-state index in [0.717, 1.165) is 11.3 Å². The van der Waals surface area contributed by atoms with E-state index in [0.29, 0.717) is 11.8 Å². The van der Waals surface area contributed by atoms with Crippen molar-refractivity contribution in [2.45, 2.75) is 6.92 Å². The second-order valence-corrected chi connectivity index (χ2v) is 3.52. The number of nitrogens with zero attached hydrogens (tertiary/aromatic N) is 3. The van der Waals surface area contributed by atoms with Crippen LogP contribution in [0.15, 0.2) is 41.4 Å². The molecule has 0 radical (unpaired) electrons. The second-order valence-electron chi connectivity index (χ2n) is 3.52. The highest BCUT2D eigenvalue weighted by atomic mass is 16.5. The molecule has 1 aromatic heterocycles. The summed E-state index contributed by atoms with van der Waals surface area (Å²) in [6, 6.07) is 11.6. The lowest BCUT2D eigenvalue weighted by atomic mass is 10.2. The molecule has 0 bridgehead atoms. The molecule has 0 saturated heterocycles. The maximum absolute atomic E-state index is 5.06. The number of aromatic nitrogens is 2. The van der Waals surface area contributed by atoms with E-state index in [1.165, 1.54) is 0 Å². The zero-order valence-electron chi connectivity index (χ0n) is 9.79. The molecule has 0 aliphatic rings. The first-order valence-electron chi connectivity index (χ1n) is 5.27. The molecule has 0 fully saturated rings. The zero-order valence-corrected chi connectivity index (χ0v) is 9.79. The van der Waals surface area contributed by atoms with Crippen molar-refractivity contribution in [2.75, 3.05) is 7.11 Å². The van der Waals surface area contributed by atoms with E-state index in [-0.39, 0.29) is 0 Å². The van der Waals surface area contributed by atoms with E-state index in [1.54, 1.807) is 19.4 Å². The standard InChI is InChI=1S/C13H13N3O/c1-10-8-12(17-2)16-13(15-10)14-9-11-6-4-3-5-7-11/h3-9H,1-2H3. The number of rotatable bonds is 3. The normalized spacial score (nSPS) is 10.7. The molecule has 0 spiro atoms. The van der Waals surface area contributed by atoms with Crippen molar-refractivity contribution in [1.29, 1.82) is 0 Å². The molecule has 2 rings (SSSR count). The molecule has 0 atom stereocenters. The van der Waals surface area contributed by atoms with Crippen LogP contribution >= 0.6 is 0 Å². The molecule has 1 aromatic carbocycles. The van der Waals surface area contributed by atoms with Crippen LogP contribution in [-0.2, 0) is 0 Å². The average Bonchev–Trinajstić information content (AvgIpc) is 2.37. The van der Waals surface area contributed by atoms with Gasteiger partial charge in [-0.05, 0) is 12.5 Å². The van der Waals surface area contributed by atoms with Crippen molar-refractivity contribution in [3.63, 3.8) is 0 Å². The first-order valence-corrected chi connectivity index (χ1v) is 5.27. The van der Waals surface area contributed by atoms with Gasteiger partial charge in [-0.1, -0.05) is 30.3 Å². The van der Waals surface area contributed by atoms with Crippen LogP contribution < -0.4 is 4.74 Å². The van der Waals surface area contributed by atoms with E-state index >= 15 is 0 Å². The molecule has 4 nitrogen and oxygen atoms in total. The van der Waals surface area contributed by atoms with Crippen molar-refractivity contribution < 1.29 is 4.74 Å². The van der Waals surface area contributed by atoms with Crippen molar-refractivity contribution in [1.82, 2.24) is 9.97 Å². The molecular formula is C13H13N3O. The highest BCUT2D eigenvalue weighted by Crippen LogP contribution is 2.13. The number of aliphatic imine (C=N–C) groups is 1. The van der Waals surface area contributed by atoms with Crippen molar-refractivity contribution in [3.8, 4) is 5.88 Å². The van der Waals surface area contributed by atoms with E-state index in [9.17, 15) is 0 Å². The molecule has 2 aromatic rings. The number of aryl methyl sites for hydroxylation is 1. The molecule has 4 heteroatoms. The van der Waals surface area contributed by atoms with Gasteiger partial charge in [-0.15, -0.1) is 0 Å². The van der Waals surface area contributed by atoms with Gasteiger partial charge in [0.2, 0.25) is 5.88 Å². The van der Waals surface area contributed by atoms with Gasteiger partial charge in [0.15, 0.2) is 0 Å². The van der Waals surface area contributed by atoms with Gasteiger partial charge in [-0.2, -0.15) is 4.98 Å². The van der Waals surface area contributed by atoms with Gasteiger partial charge in [-0.25, -0.2) is 9.98 Å². The van der Waals surface area contributed by atoms with Gasteiger partial charge in [-0.3, -0.25) is 0 Å². The fourth-order valence-corrected chi connectivity index (χ4v) is 1.36. The van der Waals surface area contributed by atoms with Crippen molar-refractivity contribution >= 4 is 12.2 Å². The van der Waals surface area contributed by atoms with Crippen LogP contribution in [0.2, 0.25) is 0 Å². The summed E-state index contributed by atoms with van der Waals surface area (Å²) in [5.41, 5.74) is 1.84. The van der Waals surface area contributed by atoms with E-state index in [2.05, 4.69) is 15.0 Å². The topological polar surface area (TPSA) is 47.4 Å². The Hall–Kier alpha value is -2.23. The fourth-order valence-electron chi connectivity index (χ4n) is 1.36. The summed E-state index contributed by atoms with van der Waals surface area (Å²) in [6.45, 7) is 1.88. The fraction of sp³-hybridized carbons (Fsp3) is 0.154. The number of benzene rings is 1. The Morgan fingerprint density at radius 3 is 2.65 bits per heavy atom. The van der Waals surface area contributed by atoms with Crippen molar-refractivity contribution in [3.05, 3.63) is 47.7 Å². The Kier molecular flexibility index (Phi) is 3.45. The van der Waals surface area contributed by atoms with E-state index in [4.69, 9.17) is 4.74 Å². The van der Waals surface area contributed by atoms with Crippen LogP contribution in [0.1, 0.15) is 11.3 Å².